The van der Waals surface area contributed by atoms with Crippen LogP contribution in [0.25, 0.3) is 21.5 Å². The third kappa shape index (κ3) is 3.84. The topological polar surface area (TPSA) is 75.1 Å². The summed E-state index contributed by atoms with van der Waals surface area (Å²) in [6, 6.07) is 15.1. The second-order valence-electron chi connectivity index (χ2n) is 6.93. The van der Waals surface area contributed by atoms with E-state index >= 15 is 0 Å². The van der Waals surface area contributed by atoms with Gasteiger partial charge in [0.2, 0.25) is 0 Å². The first kappa shape index (κ1) is 19.1. The Labute approximate surface area is 173 Å². The fourth-order valence-corrected chi connectivity index (χ4v) is 4.18. The number of thiophene rings is 1. The number of carboxylic acid groups (broad SMARTS) is 1. The zero-order chi connectivity index (χ0) is 20.5. The second-order valence-corrected chi connectivity index (χ2v) is 8.22. The first-order chi connectivity index (χ1) is 13.9. The van der Waals surface area contributed by atoms with Gasteiger partial charge >= 0.3 is 5.97 Å². The van der Waals surface area contributed by atoms with Gasteiger partial charge in [0.05, 0.1) is 10.4 Å². The van der Waals surface area contributed by atoms with Gasteiger partial charge in [-0.25, -0.2) is 14.8 Å². The maximum Gasteiger partial charge on any atom is 0.335 e. The molecule has 0 aliphatic carbocycles. The van der Waals surface area contributed by atoms with Crippen LogP contribution < -0.4 is 5.32 Å². The Hall–Kier alpha value is -3.25. The lowest BCUT2D eigenvalue weighted by Crippen LogP contribution is -2.05. The van der Waals surface area contributed by atoms with Crippen molar-refractivity contribution in [1.82, 2.24) is 9.97 Å². The van der Waals surface area contributed by atoms with E-state index in [-0.39, 0.29) is 5.56 Å². The SMILES string of the molecule is CCc1c(C)nc(-c2ccc(C)s2)nc1Nc1ccc2cc(C(=O)O)ccc2c1. The van der Waals surface area contributed by atoms with E-state index in [0.29, 0.717) is 0 Å². The molecule has 4 aromatic rings. The molecule has 0 spiro atoms. The van der Waals surface area contributed by atoms with Crippen LogP contribution in [0.4, 0.5) is 11.5 Å². The van der Waals surface area contributed by atoms with Gasteiger partial charge < -0.3 is 10.4 Å². The summed E-state index contributed by atoms with van der Waals surface area (Å²) in [4.78, 5) is 23.0. The number of carboxylic acids is 1. The Bertz CT molecular complexity index is 1230. The normalized spacial score (nSPS) is 11.0. The van der Waals surface area contributed by atoms with Crippen molar-refractivity contribution in [2.45, 2.75) is 27.2 Å². The number of nitrogens with zero attached hydrogens (tertiary/aromatic N) is 2. The third-order valence-electron chi connectivity index (χ3n) is 4.88. The molecule has 0 bridgehead atoms. The number of fused-ring (bicyclic) bond motifs is 1. The number of hydrogen-bond acceptors (Lipinski definition) is 5. The molecule has 0 aliphatic heterocycles. The monoisotopic (exact) mass is 403 g/mol. The van der Waals surface area contributed by atoms with Crippen LogP contribution in [0.3, 0.4) is 0 Å². The van der Waals surface area contributed by atoms with Crippen LogP contribution in [-0.2, 0) is 6.42 Å². The standard InChI is InChI=1S/C23H21N3O2S/c1-4-19-14(3)24-22(20-10-5-13(2)29-20)26-21(19)25-18-9-8-15-11-17(23(27)28)7-6-16(15)12-18/h5-12H,4H2,1-3H3,(H,27,28)(H,24,25,26). The van der Waals surface area contributed by atoms with Crippen LogP contribution in [-0.4, -0.2) is 21.0 Å². The fourth-order valence-electron chi connectivity index (χ4n) is 3.38. The number of aromatic carboxylic acids is 1. The molecular weight excluding hydrogens is 382 g/mol. The minimum Gasteiger partial charge on any atom is -0.478 e. The number of aromatic nitrogens is 2. The van der Waals surface area contributed by atoms with Gasteiger partial charge in [-0.1, -0.05) is 19.1 Å². The Morgan fingerprint density at radius 2 is 1.79 bits per heavy atom. The molecule has 0 amide bonds. The molecule has 29 heavy (non-hydrogen) atoms. The number of carbonyl (C=O) groups is 1. The van der Waals surface area contributed by atoms with Gasteiger partial charge in [0, 0.05) is 21.8 Å². The summed E-state index contributed by atoms with van der Waals surface area (Å²) in [5.41, 5.74) is 3.25. The molecule has 0 atom stereocenters. The van der Waals surface area contributed by atoms with Crippen LogP contribution in [0.5, 0.6) is 0 Å². The maximum absolute atomic E-state index is 11.2. The largest absolute Gasteiger partial charge is 0.478 e. The van der Waals surface area contributed by atoms with Crippen molar-refractivity contribution < 1.29 is 9.90 Å². The van der Waals surface area contributed by atoms with Crippen molar-refractivity contribution in [3.05, 3.63) is 70.2 Å². The van der Waals surface area contributed by atoms with E-state index in [0.717, 1.165) is 50.7 Å². The van der Waals surface area contributed by atoms with Crippen molar-refractivity contribution >= 4 is 39.6 Å². The van der Waals surface area contributed by atoms with Crippen molar-refractivity contribution in [2.24, 2.45) is 0 Å². The summed E-state index contributed by atoms with van der Waals surface area (Å²) in [5, 5.41) is 14.5. The number of rotatable bonds is 5. The molecule has 2 heterocycles. The van der Waals surface area contributed by atoms with E-state index in [2.05, 4.69) is 31.3 Å². The Morgan fingerprint density at radius 1 is 1.03 bits per heavy atom. The first-order valence-corrected chi connectivity index (χ1v) is 10.2. The zero-order valence-electron chi connectivity index (χ0n) is 16.5. The number of benzene rings is 2. The molecule has 2 aromatic carbocycles. The van der Waals surface area contributed by atoms with E-state index in [1.807, 2.05) is 31.2 Å². The summed E-state index contributed by atoms with van der Waals surface area (Å²) in [6.45, 7) is 6.19. The summed E-state index contributed by atoms with van der Waals surface area (Å²) >= 11 is 1.68. The lowest BCUT2D eigenvalue weighted by Gasteiger charge is -2.14. The number of nitrogens with one attached hydrogen (secondary N) is 1. The molecule has 0 fully saturated rings. The minimum atomic E-state index is -0.922. The van der Waals surface area contributed by atoms with E-state index in [4.69, 9.17) is 9.97 Å². The Balaban J connectivity index is 1.73. The lowest BCUT2D eigenvalue weighted by molar-refractivity contribution is 0.0697. The average molecular weight is 404 g/mol. The summed E-state index contributed by atoms with van der Waals surface area (Å²) in [6.07, 6.45) is 0.827. The van der Waals surface area contributed by atoms with Crippen molar-refractivity contribution in [3.8, 4) is 10.7 Å². The summed E-state index contributed by atoms with van der Waals surface area (Å²) in [7, 11) is 0. The molecule has 2 aromatic heterocycles. The summed E-state index contributed by atoms with van der Waals surface area (Å²) in [5.74, 6) is 0.615. The zero-order valence-corrected chi connectivity index (χ0v) is 17.3. The van der Waals surface area contributed by atoms with Crippen LogP contribution in [0.1, 0.15) is 33.4 Å². The predicted octanol–water partition coefficient (Wildman–Crippen LogP) is 5.98. The summed E-state index contributed by atoms with van der Waals surface area (Å²) < 4.78 is 0. The fraction of sp³-hybridized carbons (Fsp3) is 0.174. The molecule has 6 heteroatoms. The minimum absolute atomic E-state index is 0.286. The van der Waals surface area contributed by atoms with Gasteiger partial charge in [-0.15, -0.1) is 11.3 Å². The molecule has 0 aliphatic rings. The van der Waals surface area contributed by atoms with E-state index in [9.17, 15) is 9.90 Å². The molecule has 0 unspecified atom stereocenters. The van der Waals surface area contributed by atoms with Gasteiger partial charge in [0.1, 0.15) is 5.82 Å². The molecule has 146 valence electrons. The maximum atomic E-state index is 11.2. The van der Waals surface area contributed by atoms with E-state index in [1.165, 1.54) is 4.88 Å². The highest BCUT2D eigenvalue weighted by Gasteiger charge is 2.13. The molecule has 0 saturated heterocycles. The van der Waals surface area contributed by atoms with E-state index in [1.54, 1.807) is 23.5 Å². The second kappa shape index (κ2) is 7.64. The highest BCUT2D eigenvalue weighted by molar-refractivity contribution is 7.15. The highest BCUT2D eigenvalue weighted by Crippen LogP contribution is 2.30. The van der Waals surface area contributed by atoms with E-state index < -0.39 is 5.97 Å². The average Bonchev–Trinajstić information content (AvgIpc) is 3.13. The third-order valence-corrected chi connectivity index (χ3v) is 5.87. The quantitative estimate of drug-likeness (QED) is 0.429. The molecule has 5 nitrogen and oxygen atoms in total. The smallest absolute Gasteiger partial charge is 0.335 e. The van der Waals surface area contributed by atoms with Crippen molar-refractivity contribution in [2.75, 3.05) is 5.32 Å². The molecular formula is C23H21N3O2S. The number of hydrogen-bond donors (Lipinski definition) is 2. The van der Waals surface area contributed by atoms with Crippen LogP contribution in [0.15, 0.2) is 48.5 Å². The Morgan fingerprint density at radius 3 is 2.48 bits per heavy atom. The first-order valence-electron chi connectivity index (χ1n) is 9.43. The van der Waals surface area contributed by atoms with Gasteiger partial charge in [0.15, 0.2) is 5.82 Å². The van der Waals surface area contributed by atoms with Crippen molar-refractivity contribution in [3.63, 3.8) is 0 Å². The van der Waals surface area contributed by atoms with Gasteiger partial charge in [-0.3, -0.25) is 0 Å². The predicted molar refractivity (Wildman–Crippen MR) is 118 cm³/mol. The van der Waals surface area contributed by atoms with Crippen LogP contribution in [0, 0.1) is 13.8 Å². The van der Waals surface area contributed by atoms with Crippen LogP contribution >= 0.6 is 11.3 Å². The highest BCUT2D eigenvalue weighted by atomic mass is 32.1. The lowest BCUT2D eigenvalue weighted by atomic mass is 10.1. The molecule has 4 rings (SSSR count). The van der Waals surface area contributed by atoms with Crippen molar-refractivity contribution in [1.29, 1.82) is 0 Å². The van der Waals surface area contributed by atoms with Gasteiger partial charge in [-0.2, -0.15) is 0 Å². The Kier molecular flexibility index (Phi) is 5.03. The molecule has 2 N–H and O–H groups in total. The number of aryl methyl sites for hydroxylation is 2. The van der Waals surface area contributed by atoms with Crippen LogP contribution in [0.2, 0.25) is 0 Å². The molecule has 0 radical (unpaired) electrons. The van der Waals surface area contributed by atoms with Gasteiger partial charge in [-0.05, 0) is 67.4 Å². The molecule has 0 saturated carbocycles. The van der Waals surface area contributed by atoms with Gasteiger partial charge in [0.25, 0.3) is 0 Å². The number of anilines is 2.